The van der Waals surface area contributed by atoms with Crippen molar-refractivity contribution in [2.45, 2.75) is 57.2 Å². The van der Waals surface area contributed by atoms with E-state index < -0.39 is 0 Å². The maximum Gasteiger partial charge on any atom is 0.324 e. The summed E-state index contributed by atoms with van der Waals surface area (Å²) >= 11 is 0. The second-order valence-electron chi connectivity index (χ2n) is 7.62. The number of fused-ring (bicyclic) bond motifs is 3. The van der Waals surface area contributed by atoms with Crippen LogP contribution in [0.15, 0.2) is 48.5 Å². The molecule has 0 saturated carbocycles. The molecule has 0 spiro atoms. The molecule has 2 aliphatic rings. The highest BCUT2D eigenvalue weighted by atomic mass is 16.6. The maximum atomic E-state index is 12.9. The number of hydrogen-bond acceptors (Lipinski definition) is 4. The van der Waals surface area contributed by atoms with Crippen molar-refractivity contribution in [1.29, 1.82) is 0 Å². The minimum Gasteiger partial charge on any atom is -0.508 e. The highest BCUT2D eigenvalue weighted by Crippen LogP contribution is 2.41. The van der Waals surface area contributed by atoms with E-state index in [1.165, 1.54) is 11.1 Å². The lowest BCUT2D eigenvalue weighted by atomic mass is 9.82. The van der Waals surface area contributed by atoms with Crippen molar-refractivity contribution in [1.82, 2.24) is 4.90 Å². The van der Waals surface area contributed by atoms with E-state index in [4.69, 9.17) is 4.74 Å². The van der Waals surface area contributed by atoms with Crippen molar-refractivity contribution in [2.75, 3.05) is 6.54 Å². The van der Waals surface area contributed by atoms with E-state index in [0.717, 1.165) is 44.2 Å². The number of aromatic hydroxyl groups is 1. The lowest BCUT2D eigenvalue weighted by Gasteiger charge is -2.47. The lowest BCUT2D eigenvalue weighted by Crippen LogP contribution is -2.57. The van der Waals surface area contributed by atoms with Gasteiger partial charge >= 0.3 is 5.97 Å². The van der Waals surface area contributed by atoms with E-state index in [9.17, 15) is 9.90 Å². The highest BCUT2D eigenvalue weighted by Gasteiger charge is 2.45. The van der Waals surface area contributed by atoms with Gasteiger partial charge in [0.1, 0.15) is 17.9 Å². The molecular weight excluding hydrogens is 338 g/mol. The van der Waals surface area contributed by atoms with Gasteiger partial charge in [-0.3, -0.25) is 9.69 Å². The molecule has 4 nitrogen and oxygen atoms in total. The fourth-order valence-corrected chi connectivity index (χ4v) is 4.60. The molecule has 1 fully saturated rings. The SMILES string of the molecule is CCCN1C(CCc2ccccc2)C(=O)OC2c3cc(O)ccc3CCC21. The number of hydrogen-bond donors (Lipinski definition) is 1. The van der Waals surface area contributed by atoms with Gasteiger partial charge in [0.05, 0.1) is 6.04 Å². The van der Waals surface area contributed by atoms with Crippen LogP contribution in [0.2, 0.25) is 0 Å². The molecule has 1 saturated heterocycles. The highest BCUT2D eigenvalue weighted by molar-refractivity contribution is 5.77. The third-order valence-corrected chi connectivity index (χ3v) is 5.87. The van der Waals surface area contributed by atoms with Crippen LogP contribution in [0.4, 0.5) is 0 Å². The molecule has 1 aliphatic carbocycles. The standard InChI is InChI=1S/C23H27NO3/c1-2-14-24-20-13-10-17-9-11-18(25)15-19(17)22(20)27-23(26)21(24)12-8-16-6-4-3-5-7-16/h3-7,9,11,15,20-22,25H,2,8,10,12-14H2,1H3. The number of esters is 1. The molecule has 2 aromatic rings. The van der Waals surface area contributed by atoms with Gasteiger partial charge in [-0.15, -0.1) is 0 Å². The molecule has 3 atom stereocenters. The molecule has 1 heterocycles. The van der Waals surface area contributed by atoms with Crippen molar-refractivity contribution in [3.05, 3.63) is 65.2 Å². The van der Waals surface area contributed by atoms with Crippen LogP contribution in [0.3, 0.4) is 0 Å². The number of aryl methyl sites for hydroxylation is 2. The monoisotopic (exact) mass is 365 g/mol. The summed E-state index contributed by atoms with van der Waals surface area (Å²) in [5.41, 5.74) is 3.41. The minimum atomic E-state index is -0.270. The van der Waals surface area contributed by atoms with Gasteiger partial charge in [0.15, 0.2) is 0 Å². The summed E-state index contributed by atoms with van der Waals surface area (Å²) in [4.78, 5) is 15.3. The van der Waals surface area contributed by atoms with E-state index >= 15 is 0 Å². The Bertz CT molecular complexity index is 805. The number of morpholine rings is 1. The zero-order valence-electron chi connectivity index (χ0n) is 15.8. The van der Waals surface area contributed by atoms with Crippen LogP contribution in [-0.2, 0) is 22.4 Å². The molecule has 1 aliphatic heterocycles. The number of nitrogens with zero attached hydrogens (tertiary/aromatic N) is 1. The second kappa shape index (κ2) is 7.73. The van der Waals surface area contributed by atoms with Gasteiger partial charge in [0.25, 0.3) is 0 Å². The van der Waals surface area contributed by atoms with Crippen molar-refractivity contribution in [3.63, 3.8) is 0 Å². The van der Waals surface area contributed by atoms with Crippen LogP contribution in [0, 0.1) is 0 Å². The average molecular weight is 365 g/mol. The van der Waals surface area contributed by atoms with Crippen LogP contribution >= 0.6 is 0 Å². The third kappa shape index (κ3) is 3.59. The third-order valence-electron chi connectivity index (χ3n) is 5.87. The van der Waals surface area contributed by atoms with Crippen molar-refractivity contribution in [3.8, 4) is 5.75 Å². The normalized spacial score (nSPS) is 24.8. The summed E-state index contributed by atoms with van der Waals surface area (Å²) in [5, 5.41) is 9.92. The van der Waals surface area contributed by atoms with Crippen molar-refractivity contribution >= 4 is 5.97 Å². The Labute approximate surface area is 160 Å². The first-order valence-electron chi connectivity index (χ1n) is 9.99. The number of rotatable bonds is 5. The Morgan fingerprint density at radius 3 is 2.78 bits per heavy atom. The lowest BCUT2D eigenvalue weighted by molar-refractivity contribution is -0.177. The summed E-state index contributed by atoms with van der Waals surface area (Å²) < 4.78 is 5.96. The van der Waals surface area contributed by atoms with E-state index in [0.29, 0.717) is 0 Å². The van der Waals surface area contributed by atoms with E-state index in [1.807, 2.05) is 24.3 Å². The molecular formula is C23H27NO3. The maximum absolute atomic E-state index is 12.9. The minimum absolute atomic E-state index is 0.128. The van der Waals surface area contributed by atoms with E-state index in [1.54, 1.807) is 12.1 Å². The number of ether oxygens (including phenoxy) is 1. The predicted molar refractivity (Wildman–Crippen MR) is 105 cm³/mol. The Hall–Kier alpha value is -2.33. The van der Waals surface area contributed by atoms with Gasteiger partial charge in [-0.05, 0) is 61.9 Å². The summed E-state index contributed by atoms with van der Waals surface area (Å²) in [6.45, 7) is 3.05. The fraction of sp³-hybridized carbons (Fsp3) is 0.435. The molecule has 0 radical (unpaired) electrons. The first-order chi connectivity index (χ1) is 13.2. The molecule has 3 unspecified atom stereocenters. The van der Waals surface area contributed by atoms with Crippen LogP contribution in [0.1, 0.15) is 49.0 Å². The molecule has 4 heteroatoms. The molecule has 0 amide bonds. The van der Waals surface area contributed by atoms with Gasteiger partial charge in [-0.2, -0.15) is 0 Å². The summed E-state index contributed by atoms with van der Waals surface area (Å²) in [5.74, 6) is 0.107. The van der Waals surface area contributed by atoms with Crippen LogP contribution in [-0.4, -0.2) is 34.6 Å². The average Bonchev–Trinajstić information content (AvgIpc) is 2.68. The zero-order valence-corrected chi connectivity index (χ0v) is 15.8. The first kappa shape index (κ1) is 18.1. The fourth-order valence-electron chi connectivity index (χ4n) is 4.60. The summed E-state index contributed by atoms with van der Waals surface area (Å²) in [7, 11) is 0. The van der Waals surface area contributed by atoms with Gasteiger partial charge in [0.2, 0.25) is 0 Å². The number of benzene rings is 2. The Balaban J connectivity index is 1.58. The molecule has 142 valence electrons. The van der Waals surface area contributed by atoms with E-state index in [2.05, 4.69) is 24.0 Å². The first-order valence-corrected chi connectivity index (χ1v) is 9.99. The Morgan fingerprint density at radius 1 is 1.19 bits per heavy atom. The van der Waals surface area contributed by atoms with Gasteiger partial charge in [0, 0.05) is 5.56 Å². The number of phenolic OH excluding ortho intramolecular Hbond substituents is 1. The molecule has 0 aromatic heterocycles. The molecule has 27 heavy (non-hydrogen) atoms. The number of phenols is 1. The van der Waals surface area contributed by atoms with Crippen molar-refractivity contribution in [2.24, 2.45) is 0 Å². The Kier molecular flexibility index (Phi) is 5.17. The van der Waals surface area contributed by atoms with Crippen LogP contribution in [0.25, 0.3) is 0 Å². The molecule has 0 bridgehead atoms. The smallest absolute Gasteiger partial charge is 0.324 e. The Morgan fingerprint density at radius 2 is 2.00 bits per heavy atom. The quantitative estimate of drug-likeness (QED) is 0.813. The molecule has 1 N–H and O–H groups in total. The number of carbonyl (C=O) groups is 1. The van der Waals surface area contributed by atoms with Gasteiger partial charge in [-0.1, -0.05) is 43.3 Å². The second-order valence-corrected chi connectivity index (χ2v) is 7.62. The zero-order chi connectivity index (χ0) is 18.8. The van der Waals surface area contributed by atoms with Crippen molar-refractivity contribution < 1.29 is 14.6 Å². The summed E-state index contributed by atoms with van der Waals surface area (Å²) in [6.07, 6.45) is 4.32. The van der Waals surface area contributed by atoms with E-state index in [-0.39, 0.29) is 29.9 Å². The number of carbonyl (C=O) groups excluding carboxylic acids is 1. The molecule has 4 rings (SSSR count). The van der Waals surface area contributed by atoms with Crippen LogP contribution in [0.5, 0.6) is 5.75 Å². The van der Waals surface area contributed by atoms with Gasteiger partial charge < -0.3 is 9.84 Å². The predicted octanol–water partition coefficient (Wildman–Crippen LogP) is 4.02. The largest absolute Gasteiger partial charge is 0.508 e. The molecule has 2 aromatic carbocycles. The van der Waals surface area contributed by atoms with Crippen LogP contribution < -0.4 is 0 Å². The topological polar surface area (TPSA) is 49.8 Å². The van der Waals surface area contributed by atoms with Gasteiger partial charge in [-0.25, -0.2) is 0 Å². The summed E-state index contributed by atoms with van der Waals surface area (Å²) in [6, 6.07) is 15.8.